The zero-order valence-electron chi connectivity index (χ0n) is 8.33. The monoisotopic (exact) mass is 349 g/mol. The van der Waals surface area contributed by atoms with E-state index in [2.05, 4.69) is 42.4 Å². The molecule has 0 saturated carbocycles. The van der Waals surface area contributed by atoms with E-state index >= 15 is 0 Å². The van der Waals surface area contributed by atoms with Crippen molar-refractivity contribution in [2.45, 2.75) is 0 Å². The number of hydrogen-bond donors (Lipinski definition) is 2. The van der Waals surface area contributed by atoms with Gasteiger partial charge in [-0.05, 0) is 28.1 Å². The summed E-state index contributed by atoms with van der Waals surface area (Å²) in [5, 5.41) is 3.66. The van der Waals surface area contributed by atoms with Gasteiger partial charge >= 0.3 is 6.03 Å². The van der Waals surface area contributed by atoms with Crippen LogP contribution in [0.25, 0.3) is 0 Å². The number of ether oxygens (including phenoxy) is 1. The van der Waals surface area contributed by atoms with Gasteiger partial charge in [-0.15, -0.1) is 0 Å². The molecule has 0 aliphatic heterocycles. The first-order valence-corrected chi connectivity index (χ1v) is 5.74. The third kappa shape index (κ3) is 3.49. The standard InChI is InChI=1S/C9H9Br2N3O2/c1-16-8-5(4-13-14-9(12)15)2-6(10)3-7(8)11/h2-4H,1H3,(H3,12,14,15)/b13-4-. The molecule has 0 atom stereocenters. The van der Waals surface area contributed by atoms with Gasteiger partial charge in [-0.3, -0.25) is 0 Å². The summed E-state index contributed by atoms with van der Waals surface area (Å²) in [7, 11) is 1.55. The van der Waals surface area contributed by atoms with Crippen LogP contribution in [0.4, 0.5) is 4.79 Å². The van der Waals surface area contributed by atoms with E-state index in [0.29, 0.717) is 11.3 Å². The average Bonchev–Trinajstić information content (AvgIpc) is 2.16. The Morgan fingerprint density at radius 3 is 2.81 bits per heavy atom. The van der Waals surface area contributed by atoms with Gasteiger partial charge in [-0.25, -0.2) is 10.2 Å². The molecule has 0 saturated heterocycles. The zero-order valence-corrected chi connectivity index (χ0v) is 11.5. The number of benzene rings is 1. The normalized spacial score (nSPS) is 10.4. The second-order valence-corrected chi connectivity index (χ2v) is 4.51. The molecule has 2 amide bonds. The lowest BCUT2D eigenvalue weighted by Crippen LogP contribution is -2.24. The molecule has 1 aromatic carbocycles. The van der Waals surface area contributed by atoms with E-state index in [1.807, 2.05) is 6.07 Å². The first-order chi connectivity index (χ1) is 7.54. The van der Waals surface area contributed by atoms with Crippen molar-refractivity contribution in [3.63, 3.8) is 0 Å². The summed E-state index contributed by atoms with van der Waals surface area (Å²) in [6.07, 6.45) is 1.44. The molecule has 0 aromatic heterocycles. The largest absolute Gasteiger partial charge is 0.495 e. The van der Waals surface area contributed by atoms with E-state index in [1.165, 1.54) is 6.21 Å². The molecule has 16 heavy (non-hydrogen) atoms. The highest BCUT2D eigenvalue weighted by atomic mass is 79.9. The molecule has 0 aliphatic carbocycles. The highest BCUT2D eigenvalue weighted by Crippen LogP contribution is 2.31. The summed E-state index contributed by atoms with van der Waals surface area (Å²) >= 11 is 6.69. The van der Waals surface area contributed by atoms with Crippen LogP contribution < -0.4 is 15.9 Å². The molecule has 0 unspecified atom stereocenters. The first-order valence-electron chi connectivity index (χ1n) is 4.16. The summed E-state index contributed by atoms with van der Waals surface area (Å²) in [5.74, 6) is 0.623. The maximum atomic E-state index is 10.4. The van der Waals surface area contributed by atoms with E-state index in [0.717, 1.165) is 8.95 Å². The highest BCUT2D eigenvalue weighted by Gasteiger charge is 2.07. The van der Waals surface area contributed by atoms with Crippen LogP contribution in [0, 0.1) is 0 Å². The van der Waals surface area contributed by atoms with Gasteiger partial charge in [0.05, 0.1) is 17.8 Å². The number of carbonyl (C=O) groups is 1. The van der Waals surface area contributed by atoms with E-state index < -0.39 is 6.03 Å². The second-order valence-electron chi connectivity index (χ2n) is 2.74. The summed E-state index contributed by atoms with van der Waals surface area (Å²) in [4.78, 5) is 10.4. The Kier molecular flexibility index (Phi) is 4.75. The minimum absolute atomic E-state index is 0.623. The van der Waals surface area contributed by atoms with Gasteiger partial charge in [0.1, 0.15) is 5.75 Å². The SMILES string of the molecule is COc1c(Br)cc(Br)cc1/C=N\NC(N)=O. The molecule has 7 heteroatoms. The van der Waals surface area contributed by atoms with Crippen LogP contribution in [0.3, 0.4) is 0 Å². The smallest absolute Gasteiger partial charge is 0.332 e. The average molecular weight is 351 g/mol. The van der Waals surface area contributed by atoms with Gasteiger partial charge in [0.2, 0.25) is 0 Å². The van der Waals surface area contributed by atoms with Crippen molar-refractivity contribution >= 4 is 44.1 Å². The number of amides is 2. The molecule has 5 nitrogen and oxygen atoms in total. The molecule has 0 heterocycles. The number of carbonyl (C=O) groups excluding carboxylic acids is 1. The molecule has 0 bridgehead atoms. The van der Waals surface area contributed by atoms with Crippen LogP contribution in [0.5, 0.6) is 5.75 Å². The van der Waals surface area contributed by atoms with Crippen molar-refractivity contribution in [1.82, 2.24) is 5.43 Å². The van der Waals surface area contributed by atoms with Crippen LogP contribution in [0.2, 0.25) is 0 Å². The van der Waals surface area contributed by atoms with Gasteiger partial charge in [0, 0.05) is 10.0 Å². The Labute approximate surface area is 109 Å². The number of primary amides is 1. The Morgan fingerprint density at radius 1 is 1.56 bits per heavy atom. The molecule has 86 valence electrons. The first kappa shape index (κ1) is 13.0. The van der Waals surface area contributed by atoms with Crippen molar-refractivity contribution in [3.8, 4) is 5.75 Å². The predicted octanol–water partition coefficient (Wildman–Crippen LogP) is 2.22. The molecule has 1 rings (SSSR count). The van der Waals surface area contributed by atoms with E-state index in [1.54, 1.807) is 13.2 Å². The van der Waals surface area contributed by atoms with Crippen molar-refractivity contribution in [3.05, 3.63) is 26.6 Å². The molecular weight excluding hydrogens is 342 g/mol. The zero-order chi connectivity index (χ0) is 12.1. The maximum Gasteiger partial charge on any atom is 0.332 e. The fourth-order valence-corrected chi connectivity index (χ4v) is 2.48. The van der Waals surface area contributed by atoms with Crippen molar-refractivity contribution in [2.75, 3.05) is 7.11 Å². The molecule has 0 aliphatic rings. The topological polar surface area (TPSA) is 76.7 Å². The molecular formula is C9H9Br2N3O2. The quantitative estimate of drug-likeness (QED) is 0.647. The number of hydrogen-bond acceptors (Lipinski definition) is 3. The Hall–Kier alpha value is -1.08. The number of nitrogens with one attached hydrogen (secondary N) is 1. The number of nitrogens with zero attached hydrogens (tertiary/aromatic N) is 1. The van der Waals surface area contributed by atoms with Gasteiger partial charge in [-0.1, -0.05) is 15.9 Å². The maximum absolute atomic E-state index is 10.4. The van der Waals surface area contributed by atoms with E-state index in [4.69, 9.17) is 10.5 Å². The highest BCUT2D eigenvalue weighted by molar-refractivity contribution is 9.11. The van der Waals surface area contributed by atoms with Crippen molar-refractivity contribution < 1.29 is 9.53 Å². The van der Waals surface area contributed by atoms with Gasteiger partial charge in [-0.2, -0.15) is 5.10 Å². The number of urea groups is 1. The lowest BCUT2D eigenvalue weighted by atomic mass is 10.2. The minimum Gasteiger partial charge on any atom is -0.495 e. The number of hydrazone groups is 1. The minimum atomic E-state index is -0.718. The van der Waals surface area contributed by atoms with E-state index in [-0.39, 0.29) is 0 Å². The third-order valence-corrected chi connectivity index (χ3v) is 2.67. The predicted molar refractivity (Wildman–Crippen MR) is 68.7 cm³/mol. The van der Waals surface area contributed by atoms with Crippen LogP contribution >= 0.6 is 31.9 Å². The Morgan fingerprint density at radius 2 is 2.25 bits per heavy atom. The summed E-state index contributed by atoms with van der Waals surface area (Å²) in [5.41, 5.74) is 7.69. The molecule has 0 radical (unpaired) electrons. The number of nitrogens with two attached hydrogens (primary N) is 1. The third-order valence-electron chi connectivity index (χ3n) is 1.62. The Bertz CT molecular complexity index is 435. The van der Waals surface area contributed by atoms with Crippen LogP contribution in [-0.2, 0) is 0 Å². The van der Waals surface area contributed by atoms with E-state index in [9.17, 15) is 4.79 Å². The fraction of sp³-hybridized carbons (Fsp3) is 0.111. The number of rotatable bonds is 3. The summed E-state index contributed by atoms with van der Waals surface area (Å²) < 4.78 is 6.83. The molecule has 0 fully saturated rings. The van der Waals surface area contributed by atoms with Gasteiger partial charge < -0.3 is 10.5 Å². The van der Waals surface area contributed by atoms with Crippen molar-refractivity contribution in [2.24, 2.45) is 10.8 Å². The van der Waals surface area contributed by atoms with Gasteiger partial charge in [0.25, 0.3) is 0 Å². The second kappa shape index (κ2) is 5.86. The number of methoxy groups -OCH3 is 1. The lowest BCUT2D eigenvalue weighted by molar-refractivity contribution is 0.249. The molecule has 1 aromatic rings. The fourth-order valence-electron chi connectivity index (χ4n) is 1.06. The molecule has 0 spiro atoms. The van der Waals surface area contributed by atoms with Crippen LogP contribution in [0.15, 0.2) is 26.2 Å². The van der Waals surface area contributed by atoms with Crippen molar-refractivity contribution in [1.29, 1.82) is 0 Å². The van der Waals surface area contributed by atoms with Gasteiger partial charge in [0.15, 0.2) is 0 Å². The number of halogens is 2. The molecule has 3 N–H and O–H groups in total. The lowest BCUT2D eigenvalue weighted by Gasteiger charge is -2.07. The van der Waals surface area contributed by atoms with Crippen LogP contribution in [-0.4, -0.2) is 19.4 Å². The van der Waals surface area contributed by atoms with Crippen LogP contribution in [0.1, 0.15) is 5.56 Å². The summed E-state index contributed by atoms with van der Waals surface area (Å²) in [6.45, 7) is 0. The summed E-state index contributed by atoms with van der Waals surface area (Å²) in [6, 6.07) is 2.93. The Balaban J connectivity index is 3.02.